The number of amides is 2. The van der Waals surface area contributed by atoms with Crippen LogP contribution in [-0.2, 0) is 16.1 Å². The van der Waals surface area contributed by atoms with E-state index in [9.17, 15) is 24.8 Å². The van der Waals surface area contributed by atoms with Crippen LogP contribution in [0.5, 0.6) is 0 Å². The van der Waals surface area contributed by atoms with E-state index in [4.69, 9.17) is 0 Å². The molecule has 2 fully saturated rings. The molecule has 2 aromatic heterocycles. The molecule has 6 rings (SSSR count). The van der Waals surface area contributed by atoms with Gasteiger partial charge in [0.2, 0.25) is 17.5 Å². The summed E-state index contributed by atoms with van der Waals surface area (Å²) < 4.78 is 1.56. The molecule has 4 unspecified atom stereocenters. The number of carbonyl (C=O) groups is 2. The summed E-state index contributed by atoms with van der Waals surface area (Å²) in [7, 11) is 0. The lowest BCUT2D eigenvalue weighted by Crippen LogP contribution is -3.00. The molecule has 4 atom stereocenters. The van der Waals surface area contributed by atoms with Gasteiger partial charge in [0.15, 0.2) is 5.82 Å². The van der Waals surface area contributed by atoms with Crippen molar-refractivity contribution in [3.63, 3.8) is 0 Å². The van der Waals surface area contributed by atoms with Crippen LogP contribution in [0.1, 0.15) is 24.5 Å². The lowest BCUT2D eigenvalue weighted by atomic mass is 9.82. The summed E-state index contributed by atoms with van der Waals surface area (Å²) in [6, 6.07) is 10.6. The van der Waals surface area contributed by atoms with Crippen molar-refractivity contribution in [2.45, 2.75) is 25.3 Å². The summed E-state index contributed by atoms with van der Waals surface area (Å²) in [5, 5.41) is 27.5. The van der Waals surface area contributed by atoms with E-state index in [1.54, 1.807) is 15.5 Å². The predicted octanol–water partition coefficient (Wildman–Crippen LogP) is 0.127. The first-order valence-electron chi connectivity index (χ1n) is 11.4. The lowest BCUT2D eigenvalue weighted by molar-refractivity contribution is -0.992. The Morgan fingerprint density at radius 3 is 2.76 bits per heavy atom. The quantitative estimate of drug-likeness (QED) is 0.471. The third-order valence-electron chi connectivity index (χ3n) is 7.33. The molecule has 1 aromatic carbocycles. The van der Waals surface area contributed by atoms with Gasteiger partial charge >= 0.3 is 5.56 Å². The van der Waals surface area contributed by atoms with E-state index in [1.165, 1.54) is 6.07 Å². The van der Waals surface area contributed by atoms with Gasteiger partial charge in [0.05, 0.1) is 11.4 Å². The highest BCUT2D eigenvalue weighted by Crippen LogP contribution is 2.37. The Morgan fingerprint density at radius 1 is 1.12 bits per heavy atom. The first-order valence-corrected chi connectivity index (χ1v) is 11.4. The first kappa shape index (κ1) is 21.0. The number of hydrogen-bond acceptors (Lipinski definition) is 6. The number of likely N-dealkylation sites (tertiary alicyclic amines) is 1. The molecule has 0 spiro atoms. The average molecular weight is 464 g/mol. The van der Waals surface area contributed by atoms with E-state index in [1.807, 2.05) is 29.2 Å². The minimum absolute atomic E-state index is 0.0320. The third kappa shape index (κ3) is 3.23. The monoisotopic (exact) mass is 464 g/mol. The molecule has 5 heterocycles. The number of anilines is 1. The zero-order chi connectivity index (χ0) is 23.6. The van der Waals surface area contributed by atoms with Crippen molar-refractivity contribution in [3.8, 4) is 0 Å². The number of nitrogens with one attached hydrogen (secondary N) is 2. The van der Waals surface area contributed by atoms with Gasteiger partial charge in [-0.2, -0.15) is 10.3 Å². The van der Waals surface area contributed by atoms with Crippen molar-refractivity contribution in [2.75, 3.05) is 24.5 Å². The van der Waals surface area contributed by atoms with Crippen LogP contribution >= 0.6 is 0 Å². The number of benzene rings is 1. The fourth-order valence-electron chi connectivity index (χ4n) is 5.78. The van der Waals surface area contributed by atoms with Crippen molar-refractivity contribution in [1.82, 2.24) is 19.7 Å². The molecule has 176 valence electrons. The van der Waals surface area contributed by atoms with E-state index in [0.29, 0.717) is 25.5 Å². The van der Waals surface area contributed by atoms with Crippen LogP contribution in [0.3, 0.4) is 0 Å². The van der Waals surface area contributed by atoms with Gasteiger partial charge in [0, 0.05) is 55.7 Å². The third-order valence-corrected chi connectivity index (χ3v) is 7.33. The van der Waals surface area contributed by atoms with Crippen LogP contribution < -0.4 is 15.7 Å². The molecule has 2 bridgehead atoms. The van der Waals surface area contributed by atoms with Crippen molar-refractivity contribution >= 4 is 34.2 Å². The molecule has 0 saturated carbocycles. The minimum atomic E-state index is -1.23. The molecule has 11 heteroatoms. The van der Waals surface area contributed by atoms with Gasteiger partial charge in [0.25, 0.3) is 0 Å². The summed E-state index contributed by atoms with van der Waals surface area (Å²) >= 11 is 0. The maximum absolute atomic E-state index is 13.5. The molecule has 0 radical (unpaired) electrons. The second kappa shape index (κ2) is 7.76. The number of quaternary nitrogens is 1. The van der Waals surface area contributed by atoms with E-state index in [2.05, 4.69) is 10.2 Å². The second-order valence-electron chi connectivity index (χ2n) is 9.43. The van der Waals surface area contributed by atoms with Crippen molar-refractivity contribution in [1.29, 1.82) is 0 Å². The molecule has 34 heavy (non-hydrogen) atoms. The zero-order valence-corrected chi connectivity index (χ0v) is 18.3. The minimum Gasteiger partial charge on any atom is -0.595 e. The molecule has 3 aliphatic heterocycles. The van der Waals surface area contributed by atoms with Gasteiger partial charge in [-0.25, -0.2) is 5.21 Å². The second-order valence-corrected chi connectivity index (χ2v) is 9.43. The fraction of sp³-hybridized carbons (Fsp3) is 0.391. The lowest BCUT2D eigenvalue weighted by Gasteiger charge is -2.43. The number of H-pyrrole nitrogens is 1. The Hall–Kier alpha value is -3.54. The van der Waals surface area contributed by atoms with Crippen LogP contribution in [-0.4, -0.2) is 56.3 Å². The molecule has 0 aliphatic carbocycles. The summed E-state index contributed by atoms with van der Waals surface area (Å²) in [5.74, 6) is -0.0301. The SMILES string of the molecule is O=C(C1CC(=O)N(c2n[nH]c3ccccc23)C1)N1CC2CC(C1)c1ccc([NH+]([O-])O)c(=O)n1C2. The van der Waals surface area contributed by atoms with Gasteiger partial charge in [0.1, 0.15) is 0 Å². The molecule has 2 saturated heterocycles. The van der Waals surface area contributed by atoms with E-state index in [-0.39, 0.29) is 42.3 Å². The highest BCUT2D eigenvalue weighted by molar-refractivity contribution is 6.05. The molecule has 3 aromatic rings. The van der Waals surface area contributed by atoms with Gasteiger partial charge in [-0.1, -0.05) is 12.1 Å². The Kier molecular flexibility index (Phi) is 4.80. The topological polar surface area (TPSA) is 139 Å². The molecular weight excluding hydrogens is 440 g/mol. The number of nitrogens with zero attached hydrogens (tertiary/aromatic N) is 4. The maximum atomic E-state index is 13.5. The summed E-state index contributed by atoms with van der Waals surface area (Å²) in [6.07, 6.45) is 0.995. The van der Waals surface area contributed by atoms with Crippen LogP contribution in [0, 0.1) is 17.0 Å². The van der Waals surface area contributed by atoms with E-state index in [0.717, 1.165) is 23.0 Å². The Morgan fingerprint density at radius 2 is 1.94 bits per heavy atom. The molecular formula is C23H24N6O5. The Bertz CT molecular complexity index is 1360. The van der Waals surface area contributed by atoms with Gasteiger partial charge in [-0.05, 0) is 30.5 Å². The maximum Gasteiger partial charge on any atom is 0.315 e. The van der Waals surface area contributed by atoms with E-state index >= 15 is 0 Å². The van der Waals surface area contributed by atoms with Crippen molar-refractivity contribution in [3.05, 3.63) is 57.7 Å². The molecule has 2 amide bonds. The number of carbonyl (C=O) groups excluding carboxylic acids is 2. The van der Waals surface area contributed by atoms with Crippen molar-refractivity contribution < 1.29 is 20.0 Å². The summed E-state index contributed by atoms with van der Waals surface area (Å²) in [4.78, 5) is 42.3. The summed E-state index contributed by atoms with van der Waals surface area (Å²) in [6.45, 7) is 1.63. The predicted molar refractivity (Wildman–Crippen MR) is 120 cm³/mol. The number of fused-ring (bicyclic) bond motifs is 5. The van der Waals surface area contributed by atoms with E-state index < -0.39 is 16.7 Å². The summed E-state index contributed by atoms with van der Waals surface area (Å²) in [5.41, 5.74) is 0.898. The first-order chi connectivity index (χ1) is 16.4. The molecule has 3 aliphatic rings. The number of rotatable bonds is 3. The van der Waals surface area contributed by atoms with Crippen LogP contribution in [0.2, 0.25) is 0 Å². The average Bonchev–Trinajstić information content (AvgIpc) is 3.42. The molecule has 3 N–H and O–H groups in total. The van der Waals surface area contributed by atoms with Crippen LogP contribution in [0.15, 0.2) is 41.2 Å². The number of piperidine rings is 1. The van der Waals surface area contributed by atoms with Crippen LogP contribution in [0.4, 0.5) is 11.5 Å². The largest absolute Gasteiger partial charge is 0.595 e. The zero-order valence-electron chi connectivity index (χ0n) is 18.3. The highest BCUT2D eigenvalue weighted by atomic mass is 16.8. The van der Waals surface area contributed by atoms with Crippen molar-refractivity contribution in [2.24, 2.45) is 11.8 Å². The van der Waals surface area contributed by atoms with Crippen LogP contribution in [0.25, 0.3) is 10.9 Å². The number of hydrogen-bond donors (Lipinski definition) is 3. The smallest absolute Gasteiger partial charge is 0.315 e. The normalized spacial score (nSPS) is 25.0. The Labute approximate surface area is 193 Å². The standard InChI is InChI=1S/C23H24N6O5/c30-20-8-15(12-28(20)21-16-3-1-2-4-17(16)24-25-21)22(31)26-9-13-7-14(11-26)18-5-6-19(29(33)34)23(32)27(18)10-13/h1-6,13-15,29,33H,7-12H2,(H,24,25). The van der Waals surface area contributed by atoms with Gasteiger partial charge in [-0.3, -0.25) is 24.4 Å². The van der Waals surface area contributed by atoms with Gasteiger partial charge in [-0.15, -0.1) is 0 Å². The number of pyridine rings is 1. The molecule has 11 nitrogen and oxygen atoms in total. The Balaban J connectivity index is 1.22. The number of aromatic nitrogens is 3. The highest BCUT2D eigenvalue weighted by Gasteiger charge is 2.42. The fourth-order valence-corrected chi connectivity index (χ4v) is 5.78. The number of aromatic amines is 1. The van der Waals surface area contributed by atoms with Gasteiger partial charge < -0.3 is 14.7 Å². The number of para-hydroxylation sites is 1.